The summed E-state index contributed by atoms with van der Waals surface area (Å²) in [5.74, 6) is -2.51. The van der Waals surface area contributed by atoms with Crippen LogP contribution in [0.1, 0.15) is 12.6 Å². The number of carboxylic acids is 2. The van der Waals surface area contributed by atoms with Gasteiger partial charge in [-0.15, -0.1) is 23.5 Å². The van der Waals surface area contributed by atoms with Gasteiger partial charge in [0.25, 0.3) is 5.91 Å². The zero-order valence-corrected chi connectivity index (χ0v) is 18.5. The third-order valence-electron chi connectivity index (χ3n) is 4.72. The number of rotatable bonds is 9. The van der Waals surface area contributed by atoms with Gasteiger partial charge in [-0.25, -0.2) is 9.78 Å². The molecule has 0 bridgehead atoms. The van der Waals surface area contributed by atoms with Crippen LogP contribution in [0, 0.1) is 0 Å². The predicted molar refractivity (Wildman–Crippen MR) is 117 cm³/mol. The van der Waals surface area contributed by atoms with E-state index in [1.807, 2.05) is 6.92 Å². The van der Waals surface area contributed by atoms with Gasteiger partial charge in [0.15, 0.2) is 5.71 Å². The minimum Gasteiger partial charge on any atom is -0.480 e. The molecule has 1 aromatic heterocycles. The number of β-lactam (4-membered cyclic amide) rings is 1. The Labute approximate surface area is 190 Å². The number of hydrogen-bond donors (Lipinski definition) is 4. The number of amides is 2. The zero-order valence-electron chi connectivity index (χ0n) is 16.9. The van der Waals surface area contributed by atoms with Gasteiger partial charge in [0.2, 0.25) is 12.5 Å². The largest absolute Gasteiger partial charge is 0.480 e. The number of thioether (sulfide) groups is 2. The molecule has 3 atom stereocenters. The topological polar surface area (TPSA) is 185 Å². The van der Waals surface area contributed by atoms with Crippen LogP contribution in [0.4, 0.5) is 5.82 Å². The summed E-state index contributed by atoms with van der Waals surface area (Å²) in [6, 6.07) is 3.57. The minimum atomic E-state index is -1.29. The molecule has 32 heavy (non-hydrogen) atoms. The van der Waals surface area contributed by atoms with Gasteiger partial charge in [-0.2, -0.15) is 0 Å². The quantitative estimate of drug-likeness (QED) is 0.201. The Kier molecular flexibility index (Phi) is 7.13. The highest BCUT2D eigenvalue weighted by molar-refractivity contribution is 8.05. The number of oxime groups is 1. The fourth-order valence-electron chi connectivity index (χ4n) is 3.26. The molecular formula is C18H21N5O7S2. The molecule has 2 aliphatic rings. The second kappa shape index (κ2) is 9.65. The third-order valence-corrected chi connectivity index (χ3v) is 7.72. The summed E-state index contributed by atoms with van der Waals surface area (Å²) in [4.78, 5) is 58.2. The van der Waals surface area contributed by atoms with E-state index in [0.717, 1.165) is 0 Å². The number of anilines is 1. The van der Waals surface area contributed by atoms with E-state index >= 15 is 0 Å². The molecule has 3 rings (SSSR count). The standard InChI is InChI=1S/C18H21N5O7S2/c1-2-32-18(17(28)29)7-23-15(27)13(16(23)31-8-18)21-14(26)12(22-30-6-11(24)25)9-4-3-5-10(19)20-9/h3-5,13,16H,2,6-8H2,1H3,(H2,19,20)(H,21,26)(H,24,25)(H,28,29)/t13?,16-,18?/m1/s1. The first-order valence-corrected chi connectivity index (χ1v) is 11.5. The number of nitrogens with two attached hydrogens (primary N) is 1. The first kappa shape index (κ1) is 23.7. The summed E-state index contributed by atoms with van der Waals surface area (Å²) in [7, 11) is 0. The molecule has 5 N–H and O–H groups in total. The van der Waals surface area contributed by atoms with Gasteiger partial charge in [-0.3, -0.25) is 14.4 Å². The molecule has 3 heterocycles. The highest BCUT2D eigenvalue weighted by Gasteiger charge is 2.57. The maximum absolute atomic E-state index is 12.9. The van der Waals surface area contributed by atoms with E-state index in [2.05, 4.69) is 15.5 Å². The molecule has 2 unspecified atom stereocenters. The number of carbonyl (C=O) groups excluding carboxylic acids is 2. The van der Waals surface area contributed by atoms with Crippen LogP contribution in [0.2, 0.25) is 0 Å². The molecule has 12 nitrogen and oxygen atoms in total. The van der Waals surface area contributed by atoms with Gasteiger partial charge >= 0.3 is 11.9 Å². The Bertz CT molecular complexity index is 975. The van der Waals surface area contributed by atoms with Crippen LogP contribution in [-0.4, -0.2) is 90.4 Å². The maximum Gasteiger partial charge on any atom is 0.344 e. The van der Waals surface area contributed by atoms with Gasteiger partial charge in [0.1, 0.15) is 27.7 Å². The lowest BCUT2D eigenvalue weighted by Crippen LogP contribution is -2.74. The Morgan fingerprint density at radius 3 is 2.81 bits per heavy atom. The van der Waals surface area contributed by atoms with Crippen molar-refractivity contribution in [3.05, 3.63) is 23.9 Å². The Balaban J connectivity index is 1.74. The lowest BCUT2D eigenvalue weighted by molar-refractivity contribution is -0.151. The van der Waals surface area contributed by atoms with Crippen molar-refractivity contribution < 1.29 is 34.2 Å². The number of carbonyl (C=O) groups is 4. The van der Waals surface area contributed by atoms with Crippen molar-refractivity contribution in [2.75, 3.05) is 30.4 Å². The van der Waals surface area contributed by atoms with E-state index in [0.29, 0.717) is 5.75 Å². The zero-order chi connectivity index (χ0) is 23.5. The van der Waals surface area contributed by atoms with E-state index in [1.54, 1.807) is 0 Å². The van der Waals surface area contributed by atoms with Crippen molar-refractivity contribution >= 4 is 58.8 Å². The SMILES string of the molecule is CCSC1(C(=O)O)CS[C@@H]2C(NC(=O)C(=NOCC(=O)O)c3cccc(N)n3)C(=O)N2C1. The van der Waals surface area contributed by atoms with Crippen molar-refractivity contribution in [2.45, 2.75) is 23.1 Å². The number of carboxylic acid groups (broad SMARTS) is 2. The number of nitrogens with one attached hydrogen (secondary N) is 1. The fourth-order valence-corrected chi connectivity index (χ4v) is 6.09. The molecule has 0 spiro atoms. The monoisotopic (exact) mass is 483 g/mol. The van der Waals surface area contributed by atoms with Crippen LogP contribution in [0.3, 0.4) is 0 Å². The molecule has 2 fully saturated rings. The second-order valence-electron chi connectivity index (χ2n) is 6.91. The van der Waals surface area contributed by atoms with E-state index in [-0.39, 0.29) is 29.5 Å². The Morgan fingerprint density at radius 2 is 2.19 bits per heavy atom. The van der Waals surface area contributed by atoms with E-state index in [1.165, 1.54) is 46.6 Å². The van der Waals surface area contributed by atoms with Gasteiger partial charge in [-0.1, -0.05) is 18.1 Å². The average molecular weight is 484 g/mol. The molecule has 0 radical (unpaired) electrons. The summed E-state index contributed by atoms with van der Waals surface area (Å²) in [6.07, 6.45) is 0. The number of nitrogens with zero attached hydrogens (tertiary/aromatic N) is 3. The smallest absolute Gasteiger partial charge is 0.344 e. The second-order valence-corrected chi connectivity index (χ2v) is 9.66. The molecule has 14 heteroatoms. The van der Waals surface area contributed by atoms with Crippen LogP contribution in [-0.2, 0) is 24.0 Å². The highest BCUT2D eigenvalue weighted by atomic mass is 32.2. The summed E-state index contributed by atoms with van der Waals surface area (Å²) in [6.45, 7) is 1.12. The van der Waals surface area contributed by atoms with Crippen LogP contribution in [0.15, 0.2) is 23.4 Å². The first-order chi connectivity index (χ1) is 15.2. The molecule has 2 amide bonds. The fraction of sp³-hybridized carbons (Fsp3) is 0.444. The van der Waals surface area contributed by atoms with Crippen molar-refractivity contribution in [2.24, 2.45) is 5.16 Å². The van der Waals surface area contributed by atoms with E-state index < -0.39 is 46.5 Å². The van der Waals surface area contributed by atoms with E-state index in [4.69, 9.17) is 15.7 Å². The summed E-state index contributed by atoms with van der Waals surface area (Å²) < 4.78 is -1.09. The number of nitrogen functional groups attached to an aromatic ring is 1. The number of fused-ring (bicyclic) bond motifs is 1. The van der Waals surface area contributed by atoms with Crippen molar-refractivity contribution in [1.82, 2.24) is 15.2 Å². The van der Waals surface area contributed by atoms with Crippen LogP contribution >= 0.6 is 23.5 Å². The Morgan fingerprint density at radius 1 is 1.44 bits per heavy atom. The van der Waals surface area contributed by atoms with Crippen molar-refractivity contribution in [1.29, 1.82) is 0 Å². The number of pyridine rings is 1. The minimum absolute atomic E-state index is 0.0389. The predicted octanol–water partition coefficient (Wildman–Crippen LogP) is -0.554. The highest BCUT2D eigenvalue weighted by Crippen LogP contribution is 2.43. The van der Waals surface area contributed by atoms with Gasteiger partial charge in [0.05, 0.1) is 0 Å². The molecule has 1 aromatic rings. The summed E-state index contributed by atoms with van der Waals surface area (Å²) in [5.41, 5.74) is 5.35. The van der Waals surface area contributed by atoms with Gasteiger partial charge in [-0.05, 0) is 17.9 Å². The lowest BCUT2D eigenvalue weighted by atomic mass is 10.0. The molecule has 2 saturated heterocycles. The molecule has 0 aromatic carbocycles. The number of hydrogen-bond acceptors (Lipinski definition) is 10. The van der Waals surface area contributed by atoms with E-state index in [9.17, 15) is 24.3 Å². The molecule has 2 aliphatic heterocycles. The Hall–Kier alpha value is -3.00. The van der Waals surface area contributed by atoms with Crippen LogP contribution in [0.25, 0.3) is 0 Å². The van der Waals surface area contributed by atoms with Crippen molar-refractivity contribution in [3.63, 3.8) is 0 Å². The molecule has 0 saturated carbocycles. The maximum atomic E-state index is 12.9. The third kappa shape index (κ3) is 4.75. The molecule has 172 valence electrons. The summed E-state index contributed by atoms with van der Waals surface area (Å²) >= 11 is 2.55. The number of aliphatic carboxylic acids is 2. The molecule has 0 aliphatic carbocycles. The van der Waals surface area contributed by atoms with Crippen molar-refractivity contribution in [3.8, 4) is 0 Å². The van der Waals surface area contributed by atoms with Gasteiger partial charge < -0.3 is 31.0 Å². The normalized spacial score (nSPS) is 24.8. The number of aromatic nitrogens is 1. The first-order valence-electron chi connectivity index (χ1n) is 9.43. The van der Waals surface area contributed by atoms with Crippen LogP contribution < -0.4 is 11.1 Å². The summed E-state index contributed by atoms with van der Waals surface area (Å²) in [5, 5.41) is 24.1. The van der Waals surface area contributed by atoms with Gasteiger partial charge in [0, 0.05) is 12.3 Å². The lowest BCUT2D eigenvalue weighted by Gasteiger charge is -2.53. The molecular weight excluding hydrogens is 462 g/mol. The van der Waals surface area contributed by atoms with Crippen LogP contribution in [0.5, 0.6) is 0 Å². The average Bonchev–Trinajstić information content (AvgIpc) is 2.74.